The summed E-state index contributed by atoms with van der Waals surface area (Å²) in [5, 5.41) is 0. The maximum Gasteiger partial charge on any atom is 0.319 e. The number of carbonyl (C=O) groups is 1. The Balaban J connectivity index is 2.13. The van der Waals surface area contributed by atoms with Crippen LogP contribution in [0.25, 0.3) is 0 Å². The molecule has 0 heterocycles. The summed E-state index contributed by atoms with van der Waals surface area (Å²) < 4.78 is 5.66. The minimum atomic E-state index is -0.196. The molecule has 4 atom stereocenters. The summed E-state index contributed by atoms with van der Waals surface area (Å²) >= 11 is 3.27. The van der Waals surface area contributed by atoms with Crippen LogP contribution in [0.4, 0.5) is 0 Å². The van der Waals surface area contributed by atoms with Gasteiger partial charge in [0.1, 0.15) is 10.9 Å². The Labute approximate surface area is 106 Å². The Hall–Kier alpha value is -0.0500. The summed E-state index contributed by atoms with van der Waals surface area (Å²) in [5.74, 6) is 0.607. The molecular formula is C13H21BrO2. The zero-order valence-electron chi connectivity index (χ0n) is 10.5. The predicted octanol–water partition coefficient (Wildman–Crippen LogP) is 3.53. The summed E-state index contributed by atoms with van der Waals surface area (Å²) in [4.78, 5) is 11.5. The van der Waals surface area contributed by atoms with Crippen molar-refractivity contribution in [2.75, 3.05) is 0 Å². The van der Waals surface area contributed by atoms with Crippen LogP contribution in [0, 0.1) is 16.7 Å². The van der Waals surface area contributed by atoms with Gasteiger partial charge in [0, 0.05) is 5.41 Å². The SMILES string of the molecule is CC(Br)C(=O)O[C@@H]1CC2CC[C@@]1(C)C2(C)C. The summed E-state index contributed by atoms with van der Waals surface area (Å²) in [5.41, 5.74) is 0.489. The number of hydrogen-bond donors (Lipinski definition) is 0. The Morgan fingerprint density at radius 2 is 2.06 bits per heavy atom. The molecule has 0 saturated heterocycles. The van der Waals surface area contributed by atoms with E-state index in [9.17, 15) is 4.79 Å². The molecule has 16 heavy (non-hydrogen) atoms. The monoisotopic (exact) mass is 288 g/mol. The van der Waals surface area contributed by atoms with E-state index < -0.39 is 0 Å². The standard InChI is InChI=1S/C13H21BrO2/c1-8(14)11(15)16-10-7-9-5-6-13(10,4)12(9,2)3/h8-10H,5-7H2,1-4H3/t8?,9?,10-,13-/m1/s1. The maximum absolute atomic E-state index is 11.7. The van der Waals surface area contributed by atoms with Crippen molar-refractivity contribution >= 4 is 21.9 Å². The molecule has 0 N–H and O–H groups in total. The summed E-state index contributed by atoms with van der Waals surface area (Å²) in [6.07, 6.45) is 3.66. The highest BCUT2D eigenvalue weighted by Gasteiger charge is 2.62. The van der Waals surface area contributed by atoms with Crippen LogP contribution in [0.1, 0.15) is 47.0 Å². The first-order valence-corrected chi connectivity index (χ1v) is 7.05. The second-order valence-corrected chi connectivity index (χ2v) is 7.53. The van der Waals surface area contributed by atoms with Gasteiger partial charge in [-0.1, -0.05) is 36.7 Å². The number of halogens is 1. The van der Waals surface area contributed by atoms with Gasteiger partial charge in [0.25, 0.3) is 0 Å². The largest absolute Gasteiger partial charge is 0.461 e. The van der Waals surface area contributed by atoms with Gasteiger partial charge in [-0.2, -0.15) is 0 Å². The van der Waals surface area contributed by atoms with Crippen molar-refractivity contribution in [3.8, 4) is 0 Å². The van der Waals surface area contributed by atoms with E-state index in [0.29, 0.717) is 5.41 Å². The normalized spacial score (nSPS) is 42.1. The van der Waals surface area contributed by atoms with Crippen LogP contribution in [-0.4, -0.2) is 16.9 Å². The lowest BCUT2D eigenvalue weighted by Crippen LogP contribution is -2.39. The molecule has 0 aliphatic heterocycles. The summed E-state index contributed by atoms with van der Waals surface area (Å²) in [6, 6.07) is 0. The van der Waals surface area contributed by atoms with Crippen molar-refractivity contribution in [1.82, 2.24) is 0 Å². The van der Waals surface area contributed by atoms with Crippen LogP contribution in [-0.2, 0) is 9.53 Å². The lowest BCUT2D eigenvalue weighted by Gasteiger charge is -2.38. The van der Waals surface area contributed by atoms with Crippen molar-refractivity contribution in [2.24, 2.45) is 16.7 Å². The van der Waals surface area contributed by atoms with Crippen LogP contribution in [0.3, 0.4) is 0 Å². The fourth-order valence-corrected chi connectivity index (χ4v) is 3.65. The molecule has 2 unspecified atom stereocenters. The van der Waals surface area contributed by atoms with E-state index in [1.54, 1.807) is 0 Å². The highest BCUT2D eigenvalue weighted by molar-refractivity contribution is 9.10. The molecule has 0 spiro atoms. The number of carbonyl (C=O) groups excluding carboxylic acids is 1. The van der Waals surface area contributed by atoms with E-state index in [2.05, 4.69) is 36.7 Å². The number of esters is 1. The summed E-state index contributed by atoms with van der Waals surface area (Å²) in [7, 11) is 0. The van der Waals surface area contributed by atoms with Gasteiger partial charge in [-0.05, 0) is 37.5 Å². The zero-order valence-corrected chi connectivity index (χ0v) is 12.1. The van der Waals surface area contributed by atoms with E-state index in [0.717, 1.165) is 12.3 Å². The molecular weight excluding hydrogens is 268 g/mol. The first-order valence-electron chi connectivity index (χ1n) is 6.13. The van der Waals surface area contributed by atoms with Gasteiger partial charge in [0.05, 0.1) is 0 Å². The average Bonchev–Trinajstić information content (AvgIpc) is 2.50. The Morgan fingerprint density at radius 1 is 1.44 bits per heavy atom. The van der Waals surface area contributed by atoms with Gasteiger partial charge in [0.15, 0.2) is 0 Å². The van der Waals surface area contributed by atoms with Crippen molar-refractivity contribution < 1.29 is 9.53 Å². The first-order chi connectivity index (χ1) is 7.29. The fourth-order valence-electron chi connectivity index (χ4n) is 3.54. The molecule has 3 heteroatoms. The minimum Gasteiger partial charge on any atom is -0.461 e. The molecule has 0 aromatic heterocycles. The Morgan fingerprint density at radius 3 is 2.44 bits per heavy atom. The van der Waals surface area contributed by atoms with E-state index in [1.165, 1.54) is 12.8 Å². The molecule has 2 aliphatic rings. The van der Waals surface area contributed by atoms with Gasteiger partial charge < -0.3 is 4.74 Å². The maximum atomic E-state index is 11.7. The van der Waals surface area contributed by atoms with Crippen LogP contribution >= 0.6 is 15.9 Å². The second kappa shape index (κ2) is 3.72. The topological polar surface area (TPSA) is 26.3 Å². The fraction of sp³-hybridized carbons (Fsp3) is 0.923. The van der Waals surface area contributed by atoms with Gasteiger partial charge in [0.2, 0.25) is 0 Å². The molecule has 2 bridgehead atoms. The number of fused-ring (bicyclic) bond motifs is 2. The molecule has 2 nitrogen and oxygen atoms in total. The second-order valence-electron chi connectivity index (χ2n) is 6.15. The van der Waals surface area contributed by atoms with Crippen molar-refractivity contribution in [2.45, 2.75) is 57.9 Å². The number of alkyl halides is 1. The third-order valence-corrected chi connectivity index (χ3v) is 5.67. The third kappa shape index (κ3) is 1.54. The molecule has 2 saturated carbocycles. The number of hydrogen-bond acceptors (Lipinski definition) is 2. The van der Waals surface area contributed by atoms with E-state index in [1.807, 2.05) is 6.92 Å². The van der Waals surface area contributed by atoms with Crippen LogP contribution in [0.5, 0.6) is 0 Å². The first kappa shape index (κ1) is 12.4. The number of rotatable bonds is 2. The third-order valence-electron chi connectivity index (χ3n) is 5.30. The lowest BCUT2D eigenvalue weighted by atomic mass is 9.70. The Bertz CT molecular complexity index is 311. The molecule has 92 valence electrons. The Kier molecular flexibility index (Phi) is 2.89. The molecule has 0 radical (unpaired) electrons. The molecule has 2 fully saturated rings. The van der Waals surface area contributed by atoms with Crippen molar-refractivity contribution in [3.63, 3.8) is 0 Å². The molecule has 2 rings (SSSR count). The minimum absolute atomic E-state index is 0.116. The lowest BCUT2D eigenvalue weighted by molar-refractivity contribution is -0.155. The van der Waals surface area contributed by atoms with Gasteiger partial charge >= 0.3 is 5.97 Å². The van der Waals surface area contributed by atoms with Crippen LogP contribution < -0.4 is 0 Å². The summed E-state index contributed by atoms with van der Waals surface area (Å²) in [6.45, 7) is 8.77. The highest BCUT2D eigenvalue weighted by atomic mass is 79.9. The molecule has 2 aliphatic carbocycles. The highest BCUT2D eigenvalue weighted by Crippen LogP contribution is 2.66. The zero-order chi connectivity index (χ0) is 12.1. The van der Waals surface area contributed by atoms with Crippen LogP contribution in [0.2, 0.25) is 0 Å². The van der Waals surface area contributed by atoms with Crippen LogP contribution in [0.15, 0.2) is 0 Å². The van der Waals surface area contributed by atoms with E-state index in [4.69, 9.17) is 4.74 Å². The molecule has 0 amide bonds. The quantitative estimate of drug-likeness (QED) is 0.574. The molecule has 0 aromatic carbocycles. The van der Waals surface area contributed by atoms with Crippen molar-refractivity contribution in [1.29, 1.82) is 0 Å². The van der Waals surface area contributed by atoms with Gasteiger partial charge in [-0.25, -0.2) is 0 Å². The van der Waals surface area contributed by atoms with Gasteiger partial charge in [-0.15, -0.1) is 0 Å². The molecule has 0 aromatic rings. The van der Waals surface area contributed by atoms with E-state index >= 15 is 0 Å². The average molecular weight is 289 g/mol. The van der Waals surface area contributed by atoms with E-state index in [-0.39, 0.29) is 22.3 Å². The van der Waals surface area contributed by atoms with Crippen molar-refractivity contribution in [3.05, 3.63) is 0 Å². The smallest absolute Gasteiger partial charge is 0.319 e. The van der Waals surface area contributed by atoms with Gasteiger partial charge in [-0.3, -0.25) is 4.79 Å². The predicted molar refractivity (Wildman–Crippen MR) is 67.5 cm³/mol. The number of ether oxygens (including phenoxy) is 1.